The van der Waals surface area contributed by atoms with Crippen LogP contribution in [0, 0.1) is 11.3 Å². The maximum atomic E-state index is 12.9. The van der Waals surface area contributed by atoms with E-state index in [1.807, 2.05) is 30.3 Å². The number of carbonyl (C=O) groups is 1. The molecule has 152 valence electrons. The normalized spacial score (nSPS) is 13.2. The molecule has 1 aromatic heterocycles. The van der Waals surface area contributed by atoms with Gasteiger partial charge in [-0.15, -0.1) is 0 Å². The highest BCUT2D eigenvalue weighted by Crippen LogP contribution is 2.28. The van der Waals surface area contributed by atoms with E-state index in [9.17, 15) is 10.1 Å². The first-order chi connectivity index (χ1) is 14.7. The number of aryl methyl sites for hydroxylation is 1. The maximum Gasteiger partial charge on any atom is 0.239 e. The minimum absolute atomic E-state index is 0.138. The van der Waals surface area contributed by atoms with Gasteiger partial charge in [-0.05, 0) is 42.5 Å². The second kappa shape index (κ2) is 8.93. The number of nitrogens with one attached hydrogen (secondary N) is 1. The average Bonchev–Trinajstić information content (AvgIpc) is 3.55. The van der Waals surface area contributed by atoms with Crippen LogP contribution in [0.15, 0.2) is 60.8 Å². The van der Waals surface area contributed by atoms with E-state index in [1.54, 1.807) is 4.68 Å². The molecule has 0 radical (unpaired) electrons. The summed E-state index contributed by atoms with van der Waals surface area (Å²) in [5.41, 5.74) is 3.66. The van der Waals surface area contributed by atoms with Crippen LogP contribution in [-0.4, -0.2) is 33.2 Å². The van der Waals surface area contributed by atoms with Crippen LogP contribution in [0.3, 0.4) is 0 Å². The second-order valence-electron chi connectivity index (χ2n) is 7.62. The van der Waals surface area contributed by atoms with Crippen LogP contribution >= 0.6 is 0 Å². The van der Waals surface area contributed by atoms with E-state index in [0.29, 0.717) is 17.4 Å². The van der Waals surface area contributed by atoms with Crippen molar-refractivity contribution in [3.63, 3.8) is 0 Å². The van der Waals surface area contributed by atoms with E-state index in [4.69, 9.17) is 0 Å². The van der Waals surface area contributed by atoms with E-state index in [2.05, 4.69) is 52.6 Å². The third-order valence-corrected chi connectivity index (χ3v) is 5.38. The zero-order valence-corrected chi connectivity index (χ0v) is 17.1. The molecule has 0 unspecified atom stereocenters. The Hall–Kier alpha value is -3.43. The van der Waals surface area contributed by atoms with Crippen LogP contribution in [-0.2, 0) is 17.8 Å². The zero-order valence-electron chi connectivity index (χ0n) is 17.1. The number of benzene rings is 2. The summed E-state index contributed by atoms with van der Waals surface area (Å²) < 4.78 is 1.60. The third kappa shape index (κ3) is 4.58. The van der Waals surface area contributed by atoms with Gasteiger partial charge >= 0.3 is 0 Å². The maximum absolute atomic E-state index is 12.9. The highest BCUT2D eigenvalue weighted by atomic mass is 16.2. The van der Waals surface area contributed by atoms with Gasteiger partial charge in [0.2, 0.25) is 5.91 Å². The fourth-order valence-corrected chi connectivity index (χ4v) is 3.54. The first kappa shape index (κ1) is 19.9. The Bertz CT molecular complexity index is 1050. The van der Waals surface area contributed by atoms with E-state index in [0.717, 1.165) is 31.5 Å². The monoisotopic (exact) mass is 399 g/mol. The van der Waals surface area contributed by atoms with Crippen LogP contribution in [0.1, 0.15) is 36.5 Å². The molecule has 1 N–H and O–H groups in total. The molecule has 6 nitrogen and oxygen atoms in total. The molecule has 1 amide bonds. The molecule has 4 rings (SSSR count). The number of carbonyl (C=O) groups excluding carboxylic acids is 1. The molecule has 1 aliphatic carbocycles. The molecule has 30 heavy (non-hydrogen) atoms. The SMILES string of the molecule is CCc1ccc(CN(CC(=O)Nc2c(C#N)cnn2-c2ccccc2)C2CC2)cc1. The molecular weight excluding hydrogens is 374 g/mol. The van der Waals surface area contributed by atoms with Crippen molar-refractivity contribution in [3.8, 4) is 11.8 Å². The van der Waals surface area contributed by atoms with Gasteiger partial charge in [0.05, 0.1) is 18.4 Å². The third-order valence-electron chi connectivity index (χ3n) is 5.38. The minimum atomic E-state index is -0.138. The van der Waals surface area contributed by atoms with Gasteiger partial charge in [-0.3, -0.25) is 9.69 Å². The summed E-state index contributed by atoms with van der Waals surface area (Å²) in [7, 11) is 0. The summed E-state index contributed by atoms with van der Waals surface area (Å²) in [5, 5.41) is 16.7. The van der Waals surface area contributed by atoms with Gasteiger partial charge in [0.1, 0.15) is 11.6 Å². The van der Waals surface area contributed by atoms with Gasteiger partial charge in [-0.1, -0.05) is 49.4 Å². The highest BCUT2D eigenvalue weighted by molar-refractivity contribution is 5.93. The van der Waals surface area contributed by atoms with Crippen LogP contribution in [0.2, 0.25) is 0 Å². The summed E-state index contributed by atoms with van der Waals surface area (Å²) >= 11 is 0. The number of anilines is 1. The number of rotatable bonds is 8. The van der Waals surface area contributed by atoms with Crippen LogP contribution in [0.4, 0.5) is 5.82 Å². The molecule has 2 aromatic carbocycles. The zero-order chi connectivity index (χ0) is 20.9. The Labute approximate surface area is 176 Å². The fraction of sp³-hybridized carbons (Fsp3) is 0.292. The highest BCUT2D eigenvalue weighted by Gasteiger charge is 2.30. The molecule has 0 aliphatic heterocycles. The van der Waals surface area contributed by atoms with Crippen LogP contribution in [0.25, 0.3) is 5.69 Å². The van der Waals surface area contributed by atoms with Crippen molar-refractivity contribution in [1.82, 2.24) is 14.7 Å². The summed E-state index contributed by atoms with van der Waals surface area (Å²) in [6, 6.07) is 20.6. The Kier molecular flexibility index (Phi) is 5.92. The Morgan fingerprint density at radius 3 is 2.50 bits per heavy atom. The van der Waals surface area contributed by atoms with Crippen LogP contribution in [0.5, 0.6) is 0 Å². The molecule has 0 saturated heterocycles. The summed E-state index contributed by atoms with van der Waals surface area (Å²) in [6.07, 6.45) is 4.74. The standard InChI is InChI=1S/C24H25N5O/c1-2-18-8-10-19(11-9-18)16-28(21-12-13-21)17-23(30)27-24-20(14-25)15-26-29(24)22-6-4-3-5-7-22/h3-11,15,21H,2,12-13,16-17H2,1H3,(H,27,30). The molecule has 0 bridgehead atoms. The summed E-state index contributed by atoms with van der Waals surface area (Å²) in [5.74, 6) is 0.276. The molecule has 1 heterocycles. The van der Waals surface area contributed by atoms with Gasteiger partial charge < -0.3 is 5.32 Å². The number of nitriles is 1. The lowest BCUT2D eigenvalue weighted by atomic mass is 10.1. The molecule has 0 atom stereocenters. The van der Waals surface area contributed by atoms with E-state index in [-0.39, 0.29) is 12.5 Å². The Morgan fingerprint density at radius 1 is 1.17 bits per heavy atom. The van der Waals surface area contributed by atoms with Gasteiger partial charge in [-0.2, -0.15) is 10.4 Å². The Balaban J connectivity index is 1.48. The second-order valence-corrected chi connectivity index (χ2v) is 7.62. The number of hydrogen-bond donors (Lipinski definition) is 1. The number of nitrogens with zero attached hydrogens (tertiary/aromatic N) is 4. The van der Waals surface area contributed by atoms with Gasteiger partial charge in [0, 0.05) is 12.6 Å². The molecule has 1 fully saturated rings. The Morgan fingerprint density at radius 2 is 1.87 bits per heavy atom. The summed E-state index contributed by atoms with van der Waals surface area (Å²) in [4.78, 5) is 15.1. The van der Waals surface area contributed by atoms with Gasteiger partial charge in [-0.25, -0.2) is 4.68 Å². The van der Waals surface area contributed by atoms with E-state index in [1.165, 1.54) is 17.3 Å². The summed E-state index contributed by atoms with van der Waals surface area (Å²) in [6.45, 7) is 3.17. The fourth-order valence-electron chi connectivity index (χ4n) is 3.54. The van der Waals surface area contributed by atoms with Crippen molar-refractivity contribution >= 4 is 11.7 Å². The van der Waals surface area contributed by atoms with Crippen molar-refractivity contribution in [2.75, 3.05) is 11.9 Å². The number of amides is 1. The van der Waals surface area contributed by atoms with Crippen molar-refractivity contribution in [2.45, 2.75) is 38.8 Å². The van der Waals surface area contributed by atoms with Crippen molar-refractivity contribution in [2.24, 2.45) is 0 Å². The van der Waals surface area contributed by atoms with Crippen molar-refractivity contribution in [1.29, 1.82) is 5.26 Å². The smallest absolute Gasteiger partial charge is 0.239 e. The molecule has 1 aliphatic rings. The molecule has 0 spiro atoms. The predicted octanol–water partition coefficient (Wildman–Crippen LogP) is 3.91. The average molecular weight is 399 g/mol. The first-order valence-electron chi connectivity index (χ1n) is 10.3. The van der Waals surface area contributed by atoms with E-state index < -0.39 is 0 Å². The van der Waals surface area contributed by atoms with Crippen molar-refractivity contribution in [3.05, 3.63) is 77.5 Å². The lowest BCUT2D eigenvalue weighted by Gasteiger charge is -2.22. The number of para-hydroxylation sites is 1. The van der Waals surface area contributed by atoms with E-state index >= 15 is 0 Å². The number of aromatic nitrogens is 2. The first-order valence-corrected chi connectivity index (χ1v) is 10.3. The van der Waals surface area contributed by atoms with Crippen molar-refractivity contribution < 1.29 is 4.79 Å². The molecule has 6 heteroatoms. The quantitative estimate of drug-likeness (QED) is 0.623. The lowest BCUT2D eigenvalue weighted by molar-refractivity contribution is -0.117. The molecule has 1 saturated carbocycles. The van der Waals surface area contributed by atoms with Crippen LogP contribution < -0.4 is 5.32 Å². The van der Waals surface area contributed by atoms with Gasteiger partial charge in [0.25, 0.3) is 0 Å². The topological polar surface area (TPSA) is 74.0 Å². The molecule has 3 aromatic rings. The lowest BCUT2D eigenvalue weighted by Crippen LogP contribution is -2.35. The predicted molar refractivity (Wildman–Crippen MR) is 116 cm³/mol. The largest absolute Gasteiger partial charge is 0.308 e. The number of hydrogen-bond acceptors (Lipinski definition) is 4. The van der Waals surface area contributed by atoms with Gasteiger partial charge in [0.15, 0.2) is 5.82 Å². The minimum Gasteiger partial charge on any atom is -0.308 e. The molecular formula is C24H25N5O.